The van der Waals surface area contributed by atoms with Crippen molar-refractivity contribution in [3.8, 4) is 0 Å². The summed E-state index contributed by atoms with van der Waals surface area (Å²) >= 11 is 0. The van der Waals surface area contributed by atoms with Crippen LogP contribution in [0.15, 0.2) is 12.2 Å². The third kappa shape index (κ3) is 19.9. The molecule has 0 fully saturated rings. The number of rotatable bonds is 20. The van der Waals surface area contributed by atoms with Crippen LogP contribution in [0.5, 0.6) is 0 Å². The molecule has 156 valence electrons. The minimum Gasteiger partial charge on any atom is -0.396 e. The normalized spacial score (nSPS) is 12.3. The summed E-state index contributed by atoms with van der Waals surface area (Å²) in [6.45, 7) is 4.24. The van der Waals surface area contributed by atoms with Crippen LogP contribution in [0.2, 0.25) is 0 Å². The topological polar surface area (TPSA) is 29.5 Å². The Balaban J connectivity index is 3.23. The molecule has 0 saturated heterocycles. The van der Waals surface area contributed by atoms with Crippen molar-refractivity contribution < 1.29 is 14.6 Å². The molecule has 0 aliphatic heterocycles. The monoisotopic (exact) mass is 370 g/mol. The van der Waals surface area contributed by atoms with Crippen LogP contribution >= 0.6 is 0 Å². The Bertz CT molecular complexity index is 303. The molecule has 0 aromatic carbocycles. The Morgan fingerprint density at radius 1 is 0.692 bits per heavy atom. The molecule has 1 N–H and O–H groups in total. The molecule has 0 saturated carbocycles. The molecule has 0 amide bonds. The van der Waals surface area contributed by atoms with E-state index in [0.29, 0.717) is 4.65 Å². The smallest absolute Gasteiger partial charge is 0.111 e. The van der Waals surface area contributed by atoms with Crippen LogP contribution in [0.1, 0.15) is 103 Å². The van der Waals surface area contributed by atoms with E-state index in [0.717, 1.165) is 26.0 Å². The molecule has 0 rings (SSSR count). The summed E-state index contributed by atoms with van der Waals surface area (Å²) < 4.78 is 0.561. The lowest BCUT2D eigenvalue weighted by molar-refractivity contribution is -1.08. The zero-order valence-electron chi connectivity index (χ0n) is 18.2. The number of allylic oxidation sites excluding steroid dienone is 2. The van der Waals surface area contributed by atoms with Gasteiger partial charge in [0.25, 0.3) is 0 Å². The highest BCUT2D eigenvalue weighted by Crippen LogP contribution is 2.10. The lowest BCUT2D eigenvalue weighted by Gasteiger charge is -2.26. The summed E-state index contributed by atoms with van der Waals surface area (Å²) in [5, 5.41) is 8.88. The van der Waals surface area contributed by atoms with E-state index in [1.165, 1.54) is 83.5 Å². The second-order valence-corrected chi connectivity index (χ2v) is 8.15. The predicted octanol–water partition coefficient (Wildman–Crippen LogP) is 6.41. The highest BCUT2D eigenvalue weighted by atomic mass is 16.7. The van der Waals surface area contributed by atoms with Crippen molar-refractivity contribution in [3.63, 3.8) is 0 Å². The zero-order chi connectivity index (χ0) is 19.3. The first-order chi connectivity index (χ1) is 12.6. The fraction of sp³-hybridized carbons (Fsp3) is 0.913. The van der Waals surface area contributed by atoms with Gasteiger partial charge in [0.05, 0.1) is 14.1 Å². The van der Waals surface area contributed by atoms with Crippen LogP contribution in [-0.4, -0.2) is 43.6 Å². The summed E-state index contributed by atoms with van der Waals surface area (Å²) in [7, 11) is 4.13. The SMILES string of the molecule is CCCCCCCC/C=C\CCCCCCCCO[N+](C)(C)CCCO. The summed E-state index contributed by atoms with van der Waals surface area (Å²) in [6, 6.07) is 0. The molecule has 0 unspecified atom stereocenters. The summed E-state index contributed by atoms with van der Waals surface area (Å²) in [6.07, 6.45) is 24.3. The van der Waals surface area contributed by atoms with Gasteiger partial charge in [-0.1, -0.05) is 76.9 Å². The van der Waals surface area contributed by atoms with Crippen molar-refractivity contribution >= 4 is 0 Å². The highest BCUT2D eigenvalue weighted by Gasteiger charge is 2.15. The number of aliphatic hydroxyl groups excluding tert-OH is 1. The molecule has 0 atom stereocenters. The molecule has 3 nitrogen and oxygen atoms in total. The van der Waals surface area contributed by atoms with Crippen molar-refractivity contribution in [2.45, 2.75) is 103 Å². The molecule has 0 aromatic heterocycles. The molecule has 0 heterocycles. The van der Waals surface area contributed by atoms with Gasteiger partial charge in [0.1, 0.15) is 13.2 Å². The third-order valence-electron chi connectivity index (χ3n) is 4.95. The molecule has 26 heavy (non-hydrogen) atoms. The van der Waals surface area contributed by atoms with Gasteiger partial charge in [0.15, 0.2) is 0 Å². The Kier molecular flexibility index (Phi) is 19.1. The first-order valence-corrected chi connectivity index (χ1v) is 11.4. The molecule has 3 heteroatoms. The van der Waals surface area contributed by atoms with Crippen LogP contribution in [-0.2, 0) is 4.84 Å². The van der Waals surface area contributed by atoms with Crippen LogP contribution in [0.25, 0.3) is 0 Å². The van der Waals surface area contributed by atoms with E-state index in [-0.39, 0.29) is 6.61 Å². The second-order valence-electron chi connectivity index (χ2n) is 8.15. The lowest BCUT2D eigenvalue weighted by atomic mass is 10.1. The standard InChI is InChI=1S/C23H48NO2/c1-4-5-6-7-8-9-10-11-12-13-14-15-16-17-18-19-23-26-24(2,3)21-20-22-25/h11-12,25H,4-10,13-23H2,1-3H3/q+1/b12-11-. The largest absolute Gasteiger partial charge is 0.396 e. The van der Waals surface area contributed by atoms with Crippen molar-refractivity contribution in [2.24, 2.45) is 0 Å². The number of nitrogens with zero attached hydrogens (tertiary/aromatic N) is 1. The third-order valence-corrected chi connectivity index (χ3v) is 4.95. The van der Waals surface area contributed by atoms with Crippen LogP contribution < -0.4 is 0 Å². The molecule has 0 spiro atoms. The van der Waals surface area contributed by atoms with E-state index < -0.39 is 0 Å². The number of hydrogen-bond acceptors (Lipinski definition) is 2. The number of quaternary nitrogens is 1. The Morgan fingerprint density at radius 3 is 1.73 bits per heavy atom. The van der Waals surface area contributed by atoms with Crippen LogP contribution in [0, 0.1) is 0 Å². The van der Waals surface area contributed by atoms with Crippen molar-refractivity contribution in [3.05, 3.63) is 12.2 Å². The van der Waals surface area contributed by atoms with Crippen molar-refractivity contribution in [1.82, 2.24) is 0 Å². The van der Waals surface area contributed by atoms with Gasteiger partial charge in [-0.25, -0.2) is 4.84 Å². The molecule has 0 aliphatic carbocycles. The summed E-state index contributed by atoms with van der Waals surface area (Å²) in [5.74, 6) is 0. The van der Waals surface area contributed by atoms with Gasteiger partial charge < -0.3 is 5.11 Å². The Morgan fingerprint density at radius 2 is 1.19 bits per heavy atom. The fourth-order valence-corrected chi connectivity index (χ4v) is 3.18. The first kappa shape index (κ1) is 25.6. The average molecular weight is 371 g/mol. The van der Waals surface area contributed by atoms with Gasteiger partial charge in [-0.05, 0) is 32.1 Å². The highest BCUT2D eigenvalue weighted by molar-refractivity contribution is 4.81. The van der Waals surface area contributed by atoms with Gasteiger partial charge in [-0.2, -0.15) is 4.65 Å². The van der Waals surface area contributed by atoms with Crippen molar-refractivity contribution in [2.75, 3.05) is 33.9 Å². The van der Waals surface area contributed by atoms with Gasteiger partial charge in [0, 0.05) is 13.0 Å². The van der Waals surface area contributed by atoms with E-state index in [2.05, 4.69) is 33.2 Å². The molecule has 0 aromatic rings. The molecule has 0 aliphatic rings. The maximum atomic E-state index is 8.88. The summed E-state index contributed by atoms with van der Waals surface area (Å²) in [4.78, 5) is 5.87. The van der Waals surface area contributed by atoms with Crippen LogP contribution in [0.4, 0.5) is 0 Å². The fourth-order valence-electron chi connectivity index (χ4n) is 3.18. The maximum Gasteiger partial charge on any atom is 0.111 e. The Labute approximate surface area is 164 Å². The van der Waals surface area contributed by atoms with E-state index in [1.54, 1.807) is 0 Å². The van der Waals surface area contributed by atoms with Gasteiger partial charge >= 0.3 is 0 Å². The van der Waals surface area contributed by atoms with E-state index in [1.807, 2.05) is 0 Å². The minimum atomic E-state index is 0.249. The quantitative estimate of drug-likeness (QED) is 0.116. The van der Waals surface area contributed by atoms with Gasteiger partial charge in [-0.3, -0.25) is 0 Å². The second kappa shape index (κ2) is 19.4. The van der Waals surface area contributed by atoms with Crippen LogP contribution in [0.3, 0.4) is 0 Å². The predicted molar refractivity (Wildman–Crippen MR) is 114 cm³/mol. The van der Waals surface area contributed by atoms with Crippen molar-refractivity contribution in [1.29, 1.82) is 0 Å². The number of unbranched alkanes of at least 4 members (excludes halogenated alkanes) is 12. The first-order valence-electron chi connectivity index (χ1n) is 11.4. The zero-order valence-corrected chi connectivity index (χ0v) is 18.2. The molecular weight excluding hydrogens is 322 g/mol. The number of hydroxylamine groups is 3. The molecule has 0 bridgehead atoms. The summed E-state index contributed by atoms with van der Waals surface area (Å²) in [5.41, 5.74) is 0. The number of hydrogen-bond donors (Lipinski definition) is 1. The number of aliphatic hydroxyl groups is 1. The van der Waals surface area contributed by atoms with Gasteiger partial charge in [-0.15, -0.1) is 0 Å². The van der Waals surface area contributed by atoms with E-state index in [4.69, 9.17) is 9.94 Å². The molecular formula is C23H48NO2+. The van der Waals surface area contributed by atoms with E-state index >= 15 is 0 Å². The van der Waals surface area contributed by atoms with Gasteiger partial charge in [0.2, 0.25) is 0 Å². The lowest BCUT2D eigenvalue weighted by Crippen LogP contribution is -2.41. The molecule has 0 radical (unpaired) electrons. The Hall–Kier alpha value is -0.380. The minimum absolute atomic E-state index is 0.249. The maximum absolute atomic E-state index is 8.88. The van der Waals surface area contributed by atoms with E-state index in [9.17, 15) is 0 Å². The average Bonchev–Trinajstić information content (AvgIpc) is 2.62.